The number of nitrogens with two attached hydrogens (primary N) is 1. The molecule has 28 heavy (non-hydrogen) atoms. The summed E-state index contributed by atoms with van der Waals surface area (Å²) >= 11 is 0. The summed E-state index contributed by atoms with van der Waals surface area (Å²) in [6.45, 7) is 4.90. The molecule has 0 aliphatic carbocycles. The van der Waals surface area contributed by atoms with Crippen LogP contribution in [-0.4, -0.2) is 54.9 Å². The van der Waals surface area contributed by atoms with Crippen molar-refractivity contribution in [2.45, 2.75) is 45.1 Å². The van der Waals surface area contributed by atoms with Crippen molar-refractivity contribution in [2.24, 2.45) is 17.6 Å². The van der Waals surface area contributed by atoms with Crippen LogP contribution < -0.4 is 10.5 Å². The molecule has 0 unspecified atom stereocenters. The highest BCUT2D eigenvalue weighted by atomic mass is 16.5. The van der Waals surface area contributed by atoms with Crippen molar-refractivity contribution in [3.8, 4) is 5.75 Å². The molecule has 0 radical (unpaired) electrons. The van der Waals surface area contributed by atoms with Crippen molar-refractivity contribution in [1.29, 1.82) is 0 Å². The van der Waals surface area contributed by atoms with Crippen LogP contribution in [-0.2, 0) is 9.59 Å². The minimum atomic E-state index is -0.270. The average Bonchev–Trinajstić information content (AvgIpc) is 3.21. The van der Waals surface area contributed by atoms with Gasteiger partial charge in [0.05, 0.1) is 19.1 Å². The SMILES string of the molecule is CCCCN1C(=O)CC[C@H](C(=O)N2CC[C@H](CN)C2)[C@H]1c1ccccc1OC. The fourth-order valence-electron chi connectivity index (χ4n) is 4.56. The van der Waals surface area contributed by atoms with Crippen LogP contribution in [0, 0.1) is 11.8 Å². The lowest BCUT2D eigenvalue weighted by Gasteiger charge is -2.42. The van der Waals surface area contributed by atoms with E-state index >= 15 is 0 Å². The zero-order valence-corrected chi connectivity index (χ0v) is 17.1. The molecule has 3 rings (SSSR count). The van der Waals surface area contributed by atoms with Gasteiger partial charge >= 0.3 is 0 Å². The van der Waals surface area contributed by atoms with Crippen molar-refractivity contribution >= 4 is 11.8 Å². The number of carbonyl (C=O) groups excluding carboxylic acids is 2. The van der Waals surface area contributed by atoms with E-state index in [1.807, 2.05) is 34.1 Å². The number of hydrogen-bond donors (Lipinski definition) is 1. The van der Waals surface area contributed by atoms with Gasteiger partial charge in [-0.15, -0.1) is 0 Å². The molecule has 154 valence electrons. The Morgan fingerprint density at radius 2 is 2.07 bits per heavy atom. The molecule has 0 saturated carbocycles. The summed E-state index contributed by atoms with van der Waals surface area (Å²) < 4.78 is 5.60. The van der Waals surface area contributed by atoms with Gasteiger partial charge in [0.15, 0.2) is 0 Å². The third kappa shape index (κ3) is 4.17. The van der Waals surface area contributed by atoms with Gasteiger partial charge in [-0.05, 0) is 37.8 Å². The summed E-state index contributed by atoms with van der Waals surface area (Å²) in [6.07, 6.45) is 3.92. The Kier molecular flexibility index (Phi) is 6.94. The second kappa shape index (κ2) is 9.41. The van der Waals surface area contributed by atoms with E-state index in [9.17, 15) is 9.59 Å². The second-order valence-corrected chi connectivity index (χ2v) is 7.95. The molecule has 3 atom stereocenters. The smallest absolute Gasteiger partial charge is 0.228 e. The summed E-state index contributed by atoms with van der Waals surface area (Å²) in [6, 6.07) is 7.51. The van der Waals surface area contributed by atoms with E-state index in [0.29, 0.717) is 31.8 Å². The largest absolute Gasteiger partial charge is 0.496 e. The van der Waals surface area contributed by atoms with E-state index in [1.54, 1.807) is 7.11 Å². The first-order valence-electron chi connectivity index (χ1n) is 10.5. The number of ether oxygens (including phenoxy) is 1. The highest BCUT2D eigenvalue weighted by Crippen LogP contribution is 2.42. The maximum absolute atomic E-state index is 13.5. The molecule has 2 saturated heterocycles. The fraction of sp³-hybridized carbons (Fsp3) is 0.636. The number of piperidine rings is 1. The van der Waals surface area contributed by atoms with E-state index in [4.69, 9.17) is 10.5 Å². The van der Waals surface area contributed by atoms with Crippen LogP contribution in [0.3, 0.4) is 0 Å². The monoisotopic (exact) mass is 387 g/mol. The molecule has 2 fully saturated rings. The van der Waals surface area contributed by atoms with E-state index in [-0.39, 0.29) is 23.8 Å². The highest BCUT2D eigenvalue weighted by molar-refractivity contribution is 5.85. The van der Waals surface area contributed by atoms with Gasteiger partial charge < -0.3 is 20.3 Å². The first-order chi connectivity index (χ1) is 13.6. The van der Waals surface area contributed by atoms with Crippen LogP contribution in [0.1, 0.15) is 50.6 Å². The number of nitrogens with zero attached hydrogens (tertiary/aromatic N) is 2. The standard InChI is InChI=1S/C22H33N3O3/c1-3-4-12-25-20(26)10-9-18(22(27)24-13-11-16(14-23)15-24)21(25)17-7-5-6-8-19(17)28-2/h5-8,16,18,21H,3-4,9-15,23H2,1-2H3/t16-,18+,21-/m1/s1. The first kappa shape index (κ1) is 20.6. The van der Waals surface area contributed by atoms with Crippen LogP contribution in [0.2, 0.25) is 0 Å². The molecule has 2 heterocycles. The number of carbonyl (C=O) groups is 2. The van der Waals surface area contributed by atoms with Crippen molar-refractivity contribution in [3.05, 3.63) is 29.8 Å². The predicted molar refractivity (Wildman–Crippen MR) is 109 cm³/mol. The second-order valence-electron chi connectivity index (χ2n) is 7.95. The van der Waals surface area contributed by atoms with Gasteiger partial charge in [-0.3, -0.25) is 9.59 Å². The van der Waals surface area contributed by atoms with E-state index < -0.39 is 0 Å². The number of para-hydroxylation sites is 1. The molecule has 2 amide bonds. The van der Waals surface area contributed by atoms with E-state index in [1.165, 1.54) is 0 Å². The van der Waals surface area contributed by atoms with Gasteiger partial charge in [-0.25, -0.2) is 0 Å². The molecule has 1 aromatic carbocycles. The molecule has 6 heteroatoms. The molecular formula is C22H33N3O3. The quantitative estimate of drug-likeness (QED) is 0.780. The van der Waals surface area contributed by atoms with Crippen LogP contribution >= 0.6 is 0 Å². The summed E-state index contributed by atoms with van der Waals surface area (Å²) in [5.41, 5.74) is 6.75. The Hall–Kier alpha value is -2.08. The average molecular weight is 388 g/mol. The van der Waals surface area contributed by atoms with Gasteiger partial charge in [0, 0.05) is 31.6 Å². The lowest BCUT2D eigenvalue weighted by Crippen LogP contribution is -2.49. The van der Waals surface area contributed by atoms with E-state index in [0.717, 1.165) is 43.7 Å². The molecule has 1 aromatic rings. The highest BCUT2D eigenvalue weighted by Gasteiger charge is 2.43. The minimum absolute atomic E-state index is 0.134. The van der Waals surface area contributed by atoms with Gasteiger partial charge in [0.2, 0.25) is 11.8 Å². The Balaban J connectivity index is 1.94. The summed E-state index contributed by atoms with van der Waals surface area (Å²) in [4.78, 5) is 30.2. The number of likely N-dealkylation sites (tertiary alicyclic amines) is 2. The Bertz CT molecular complexity index is 693. The molecule has 2 aliphatic rings. The Morgan fingerprint density at radius 3 is 2.75 bits per heavy atom. The van der Waals surface area contributed by atoms with Crippen LogP contribution in [0.5, 0.6) is 5.75 Å². The predicted octanol–water partition coefficient (Wildman–Crippen LogP) is 2.58. The summed E-state index contributed by atoms with van der Waals surface area (Å²) in [7, 11) is 1.64. The zero-order chi connectivity index (χ0) is 20.1. The van der Waals surface area contributed by atoms with Crippen molar-refractivity contribution in [1.82, 2.24) is 9.80 Å². The van der Waals surface area contributed by atoms with Gasteiger partial charge in [0.1, 0.15) is 5.75 Å². The number of amides is 2. The molecule has 0 aromatic heterocycles. The Labute approximate surface area is 168 Å². The third-order valence-electron chi connectivity index (χ3n) is 6.16. The summed E-state index contributed by atoms with van der Waals surface area (Å²) in [5.74, 6) is 1.18. The third-order valence-corrected chi connectivity index (χ3v) is 6.16. The number of hydrogen-bond acceptors (Lipinski definition) is 4. The lowest BCUT2D eigenvalue weighted by molar-refractivity contribution is -0.147. The topological polar surface area (TPSA) is 75.9 Å². The minimum Gasteiger partial charge on any atom is -0.496 e. The number of unbranched alkanes of at least 4 members (excludes halogenated alkanes) is 1. The number of methoxy groups -OCH3 is 1. The lowest BCUT2D eigenvalue weighted by atomic mass is 9.82. The molecule has 6 nitrogen and oxygen atoms in total. The van der Waals surface area contributed by atoms with Crippen molar-refractivity contribution in [3.63, 3.8) is 0 Å². The van der Waals surface area contributed by atoms with Crippen LogP contribution in [0.4, 0.5) is 0 Å². The maximum Gasteiger partial charge on any atom is 0.228 e. The van der Waals surface area contributed by atoms with Crippen LogP contribution in [0.25, 0.3) is 0 Å². The number of rotatable bonds is 7. The molecule has 0 bridgehead atoms. The maximum atomic E-state index is 13.5. The normalized spacial score (nSPS) is 25.2. The van der Waals surface area contributed by atoms with Crippen molar-refractivity contribution in [2.75, 3.05) is 33.3 Å². The zero-order valence-electron chi connectivity index (χ0n) is 17.1. The van der Waals surface area contributed by atoms with Gasteiger partial charge in [-0.1, -0.05) is 31.5 Å². The molecule has 2 N–H and O–H groups in total. The van der Waals surface area contributed by atoms with Crippen molar-refractivity contribution < 1.29 is 14.3 Å². The molecule has 0 spiro atoms. The van der Waals surface area contributed by atoms with Gasteiger partial charge in [-0.2, -0.15) is 0 Å². The number of benzene rings is 1. The van der Waals surface area contributed by atoms with Crippen LogP contribution in [0.15, 0.2) is 24.3 Å². The van der Waals surface area contributed by atoms with Gasteiger partial charge in [0.25, 0.3) is 0 Å². The fourth-order valence-corrected chi connectivity index (χ4v) is 4.56. The molecular weight excluding hydrogens is 354 g/mol. The Morgan fingerprint density at radius 1 is 1.29 bits per heavy atom. The summed E-state index contributed by atoms with van der Waals surface area (Å²) in [5, 5.41) is 0. The van der Waals surface area contributed by atoms with E-state index in [2.05, 4.69) is 6.92 Å². The molecule has 2 aliphatic heterocycles. The first-order valence-corrected chi connectivity index (χ1v) is 10.5.